The van der Waals surface area contributed by atoms with Gasteiger partial charge in [0.05, 0.1) is 12.1 Å². The van der Waals surface area contributed by atoms with Crippen LogP contribution in [0.25, 0.3) is 0 Å². The van der Waals surface area contributed by atoms with Crippen LogP contribution in [0.4, 0.5) is 3.89 Å². The zero-order valence-corrected chi connectivity index (χ0v) is 16.2. The Morgan fingerprint density at radius 1 is 1.24 bits per heavy atom. The third kappa shape index (κ3) is 5.69. The molecule has 0 unspecified atom stereocenters. The summed E-state index contributed by atoms with van der Waals surface area (Å²) in [7, 11) is 0. The van der Waals surface area contributed by atoms with E-state index in [2.05, 4.69) is 49.1 Å². The van der Waals surface area contributed by atoms with E-state index in [1.807, 2.05) is 4.90 Å². The minimum absolute atomic E-state index is 0.120. The molecule has 0 saturated carbocycles. The van der Waals surface area contributed by atoms with E-state index in [0.29, 0.717) is 0 Å². The zero-order valence-electron chi connectivity index (χ0n) is 15.4. The van der Waals surface area contributed by atoms with Crippen molar-refractivity contribution in [1.82, 2.24) is 9.80 Å². The van der Waals surface area contributed by atoms with Gasteiger partial charge in [-0.05, 0) is 32.3 Å². The van der Waals surface area contributed by atoms with E-state index in [0.717, 1.165) is 39.0 Å². The molecule has 140 valence electrons. The van der Waals surface area contributed by atoms with Crippen LogP contribution in [-0.2, 0) is 16.1 Å². The number of carbonyl (C=O) groups is 1. The van der Waals surface area contributed by atoms with E-state index >= 15 is 0 Å². The molecule has 0 N–H and O–H groups in total. The van der Waals surface area contributed by atoms with Crippen molar-refractivity contribution < 1.29 is 13.4 Å². The summed E-state index contributed by atoms with van der Waals surface area (Å²) in [6.07, 6.45) is 3.40. The van der Waals surface area contributed by atoms with Crippen molar-refractivity contribution in [1.29, 1.82) is 0 Å². The van der Waals surface area contributed by atoms with E-state index < -0.39 is 0 Å². The Bertz CT molecular complexity index is 533. The summed E-state index contributed by atoms with van der Waals surface area (Å²) in [5.41, 5.74) is 1.24. The molecule has 4 nitrogen and oxygen atoms in total. The molecule has 2 heterocycles. The summed E-state index contributed by atoms with van der Waals surface area (Å²) >= 11 is 0.250. The zero-order chi connectivity index (χ0) is 18.3. The number of ether oxygens (including phenoxy) is 1. The normalized spacial score (nSPS) is 20.5. The fourth-order valence-corrected chi connectivity index (χ4v) is 3.48. The number of hydrogen-bond acceptors (Lipinski definition) is 4. The molecule has 1 aromatic carbocycles. The van der Waals surface area contributed by atoms with Crippen LogP contribution >= 0.6 is 12.1 Å². The average Bonchev–Trinajstić information content (AvgIpc) is 2.61. The largest absolute Gasteiger partial charge is 0.363 e. The van der Waals surface area contributed by atoms with Gasteiger partial charge in [0.15, 0.2) is 0 Å². The van der Waals surface area contributed by atoms with E-state index in [9.17, 15) is 8.68 Å². The van der Waals surface area contributed by atoms with E-state index in [1.165, 1.54) is 11.8 Å². The van der Waals surface area contributed by atoms with Gasteiger partial charge in [0.2, 0.25) is 5.91 Å². The van der Waals surface area contributed by atoms with Crippen LogP contribution < -0.4 is 0 Å². The molecule has 0 aliphatic carbocycles. The van der Waals surface area contributed by atoms with Gasteiger partial charge in [0.1, 0.15) is 6.61 Å². The average molecular weight is 369 g/mol. The van der Waals surface area contributed by atoms with Gasteiger partial charge >= 0.3 is 0 Å². The molecule has 1 amide bonds. The molecule has 0 bridgehead atoms. The lowest BCUT2D eigenvalue weighted by Gasteiger charge is -2.48. The Morgan fingerprint density at radius 3 is 2.40 bits per heavy atom. The molecule has 2 aliphatic rings. The molecule has 1 aromatic rings. The minimum atomic E-state index is -0.120. The number of benzene rings is 1. The monoisotopic (exact) mass is 368 g/mol. The maximum atomic E-state index is 12.0. The lowest BCUT2D eigenvalue weighted by atomic mass is 9.88. The number of halogens is 1. The van der Waals surface area contributed by atoms with Crippen LogP contribution in [0.1, 0.15) is 32.3 Å². The second-order valence-corrected chi connectivity index (χ2v) is 7.31. The molecule has 2 saturated heterocycles. The first kappa shape index (κ1) is 20.2. The van der Waals surface area contributed by atoms with Crippen molar-refractivity contribution in [3.8, 4) is 0 Å². The number of hydrogen-bond donors (Lipinski definition) is 0. The standard InChI is InChI=1S/C18H26N2O2.CH3FS/c1-15(2)20-14-18(22-13-17(20)21)8-10-19(11-9-18)12-16-6-4-3-5-7-16;1-3-2/h3-7,15H,8-14H2,1-2H3;1H3. The van der Waals surface area contributed by atoms with Crippen molar-refractivity contribution in [2.24, 2.45) is 0 Å². The Kier molecular flexibility index (Phi) is 7.72. The van der Waals surface area contributed by atoms with Crippen molar-refractivity contribution in [2.45, 2.75) is 44.9 Å². The van der Waals surface area contributed by atoms with Crippen LogP contribution in [0.2, 0.25) is 0 Å². The molecule has 6 heteroatoms. The number of morpholine rings is 1. The highest BCUT2D eigenvalue weighted by Crippen LogP contribution is 2.31. The second kappa shape index (κ2) is 9.55. The van der Waals surface area contributed by atoms with Gasteiger partial charge in [-0.25, -0.2) is 0 Å². The smallest absolute Gasteiger partial charge is 0.248 e. The van der Waals surface area contributed by atoms with Gasteiger partial charge in [0, 0.05) is 44.1 Å². The van der Waals surface area contributed by atoms with Gasteiger partial charge in [-0.2, -0.15) is 3.89 Å². The molecule has 0 atom stereocenters. The second-order valence-electron chi connectivity index (χ2n) is 7.00. The van der Waals surface area contributed by atoms with Gasteiger partial charge in [0.25, 0.3) is 0 Å². The maximum absolute atomic E-state index is 12.0. The molecular weight excluding hydrogens is 339 g/mol. The number of likely N-dealkylation sites (tertiary alicyclic amines) is 1. The number of carbonyl (C=O) groups excluding carboxylic acids is 1. The predicted octanol–water partition coefficient (Wildman–Crippen LogP) is 3.52. The van der Waals surface area contributed by atoms with Gasteiger partial charge in [-0.1, -0.05) is 30.3 Å². The Hall–Kier alpha value is -1.11. The Balaban J connectivity index is 0.000000701. The fourth-order valence-electron chi connectivity index (χ4n) is 3.48. The molecule has 1 spiro atoms. The van der Waals surface area contributed by atoms with Crippen molar-refractivity contribution in [3.05, 3.63) is 35.9 Å². The van der Waals surface area contributed by atoms with Gasteiger partial charge in [-0.3, -0.25) is 9.69 Å². The summed E-state index contributed by atoms with van der Waals surface area (Å²) in [4.78, 5) is 16.4. The summed E-state index contributed by atoms with van der Waals surface area (Å²) in [5, 5.41) is 0. The van der Waals surface area contributed by atoms with Gasteiger partial charge < -0.3 is 9.64 Å². The van der Waals surface area contributed by atoms with Crippen molar-refractivity contribution >= 4 is 18.1 Å². The lowest BCUT2D eigenvalue weighted by molar-refractivity contribution is -0.174. The highest BCUT2D eigenvalue weighted by atomic mass is 32.2. The summed E-state index contributed by atoms with van der Waals surface area (Å²) < 4.78 is 16.2. The number of amides is 1. The summed E-state index contributed by atoms with van der Waals surface area (Å²) in [6.45, 7) is 8.25. The first-order valence-corrected chi connectivity index (χ1v) is 9.96. The van der Waals surface area contributed by atoms with Crippen LogP contribution in [0.5, 0.6) is 0 Å². The molecule has 0 aromatic heterocycles. The number of piperidine rings is 1. The van der Waals surface area contributed by atoms with Crippen LogP contribution in [0.15, 0.2) is 30.3 Å². The van der Waals surface area contributed by atoms with Crippen molar-refractivity contribution in [3.63, 3.8) is 0 Å². The van der Waals surface area contributed by atoms with E-state index in [4.69, 9.17) is 4.74 Å². The minimum Gasteiger partial charge on any atom is -0.363 e. The summed E-state index contributed by atoms with van der Waals surface area (Å²) in [6, 6.07) is 10.9. The number of rotatable bonds is 3. The van der Waals surface area contributed by atoms with Crippen LogP contribution in [0, 0.1) is 0 Å². The Labute approximate surface area is 155 Å². The SMILES string of the molecule is CC(C)N1CC2(CCN(Cc3ccccc3)CC2)OCC1=O.CSF. The highest BCUT2D eigenvalue weighted by Gasteiger charge is 2.42. The molecular formula is C19H29FN2O2S. The summed E-state index contributed by atoms with van der Waals surface area (Å²) in [5.74, 6) is 0.132. The quantitative estimate of drug-likeness (QED) is 0.817. The molecule has 25 heavy (non-hydrogen) atoms. The maximum Gasteiger partial charge on any atom is 0.248 e. The first-order valence-electron chi connectivity index (χ1n) is 8.84. The van der Waals surface area contributed by atoms with Gasteiger partial charge in [-0.15, -0.1) is 0 Å². The van der Waals surface area contributed by atoms with Crippen LogP contribution in [-0.4, -0.2) is 59.8 Å². The molecule has 2 aliphatic heterocycles. The fraction of sp³-hybridized carbons (Fsp3) is 0.632. The van der Waals surface area contributed by atoms with E-state index in [1.54, 1.807) is 0 Å². The van der Waals surface area contributed by atoms with Crippen LogP contribution in [0.3, 0.4) is 0 Å². The topological polar surface area (TPSA) is 32.8 Å². The third-order valence-electron chi connectivity index (χ3n) is 4.92. The third-order valence-corrected chi connectivity index (χ3v) is 4.92. The van der Waals surface area contributed by atoms with Crippen molar-refractivity contribution in [2.75, 3.05) is 32.5 Å². The molecule has 3 rings (SSSR count). The first-order chi connectivity index (χ1) is 12.0. The highest BCUT2D eigenvalue weighted by molar-refractivity contribution is 7.93. The Morgan fingerprint density at radius 2 is 1.84 bits per heavy atom. The molecule has 0 radical (unpaired) electrons. The number of nitrogens with zero attached hydrogens (tertiary/aromatic N) is 2. The molecule has 2 fully saturated rings. The van der Waals surface area contributed by atoms with E-state index in [-0.39, 0.29) is 36.3 Å². The lowest BCUT2D eigenvalue weighted by Crippen LogP contribution is -2.60. The predicted molar refractivity (Wildman–Crippen MR) is 101 cm³/mol.